The summed E-state index contributed by atoms with van der Waals surface area (Å²) in [4.78, 5) is 11.0. The Bertz CT molecular complexity index is 556. The molecule has 0 unspecified atom stereocenters. The van der Waals surface area contributed by atoms with E-state index in [4.69, 9.17) is 18.0 Å². The van der Waals surface area contributed by atoms with Gasteiger partial charge in [0.05, 0.1) is 11.4 Å². The lowest BCUT2D eigenvalue weighted by Crippen LogP contribution is -2.19. The molecule has 19 heavy (non-hydrogen) atoms. The molecule has 0 bridgehead atoms. The fraction of sp³-hybridized carbons (Fsp3) is 0.214. The normalized spacial score (nSPS) is 10.6. The van der Waals surface area contributed by atoms with Gasteiger partial charge < -0.3 is 5.73 Å². The minimum absolute atomic E-state index is 0.328. The van der Waals surface area contributed by atoms with E-state index in [0.717, 1.165) is 24.3 Å². The molecule has 2 aromatic heterocycles. The van der Waals surface area contributed by atoms with Crippen LogP contribution >= 0.6 is 12.2 Å². The zero-order valence-electron chi connectivity index (χ0n) is 10.8. The van der Waals surface area contributed by atoms with Crippen LogP contribution in [0, 0.1) is 0 Å². The molecule has 4 nitrogen and oxygen atoms in total. The summed E-state index contributed by atoms with van der Waals surface area (Å²) in [5.41, 5.74) is 8.43. The Kier molecular flexibility index (Phi) is 4.54. The van der Waals surface area contributed by atoms with E-state index in [9.17, 15) is 0 Å². The molecule has 2 N–H and O–H groups in total. The van der Waals surface area contributed by atoms with Crippen molar-refractivity contribution in [1.29, 1.82) is 0 Å². The summed E-state index contributed by atoms with van der Waals surface area (Å²) in [6.45, 7) is 1.60. The van der Waals surface area contributed by atoms with Crippen molar-refractivity contribution < 1.29 is 0 Å². The minimum atomic E-state index is 0.328. The molecule has 0 spiro atoms. The molecule has 2 aromatic rings. The summed E-state index contributed by atoms with van der Waals surface area (Å²) in [6.07, 6.45) is 3.54. The molecule has 0 aliphatic rings. The van der Waals surface area contributed by atoms with Crippen LogP contribution in [0.1, 0.15) is 17.0 Å². The molecule has 0 radical (unpaired) electrons. The van der Waals surface area contributed by atoms with Gasteiger partial charge in [-0.3, -0.25) is 14.9 Å². The van der Waals surface area contributed by atoms with Gasteiger partial charge in [-0.05, 0) is 36.9 Å². The standard InChI is InChI=1S/C14H16N4S/c1-18(10-12-4-2-3-6-16-12)9-11-5-7-17-13(8-11)14(15)19/h2-8H,9-10H2,1H3,(H2,15,19). The summed E-state index contributed by atoms with van der Waals surface area (Å²) in [6, 6.07) is 9.83. The lowest BCUT2D eigenvalue weighted by molar-refractivity contribution is 0.315. The highest BCUT2D eigenvalue weighted by Gasteiger charge is 2.04. The van der Waals surface area contributed by atoms with E-state index in [-0.39, 0.29) is 0 Å². The predicted octanol–water partition coefficient (Wildman–Crippen LogP) is 1.74. The lowest BCUT2D eigenvalue weighted by Gasteiger charge is -2.16. The van der Waals surface area contributed by atoms with Crippen LogP contribution < -0.4 is 5.73 Å². The molecular weight excluding hydrogens is 256 g/mol. The maximum atomic E-state index is 5.58. The van der Waals surface area contributed by atoms with Crippen molar-refractivity contribution in [2.45, 2.75) is 13.1 Å². The first-order chi connectivity index (χ1) is 9.15. The van der Waals surface area contributed by atoms with Crippen LogP contribution in [0.3, 0.4) is 0 Å². The number of thiocarbonyl (C=S) groups is 1. The van der Waals surface area contributed by atoms with Gasteiger partial charge in [0.1, 0.15) is 4.99 Å². The van der Waals surface area contributed by atoms with E-state index in [0.29, 0.717) is 10.7 Å². The Morgan fingerprint density at radius 3 is 2.74 bits per heavy atom. The quantitative estimate of drug-likeness (QED) is 0.840. The molecule has 0 saturated carbocycles. The summed E-state index contributed by atoms with van der Waals surface area (Å²) >= 11 is 4.93. The first kappa shape index (κ1) is 13.6. The predicted molar refractivity (Wildman–Crippen MR) is 79.5 cm³/mol. The van der Waals surface area contributed by atoms with E-state index in [1.54, 1.807) is 12.4 Å². The van der Waals surface area contributed by atoms with Gasteiger partial charge >= 0.3 is 0 Å². The van der Waals surface area contributed by atoms with Crippen LogP contribution in [0.5, 0.6) is 0 Å². The minimum Gasteiger partial charge on any atom is -0.388 e. The van der Waals surface area contributed by atoms with E-state index in [2.05, 4.69) is 21.9 Å². The molecule has 98 valence electrons. The molecule has 2 heterocycles. The number of aromatic nitrogens is 2. The molecule has 0 aromatic carbocycles. The number of rotatable bonds is 5. The summed E-state index contributed by atoms with van der Waals surface area (Å²) in [5.74, 6) is 0. The molecule has 0 fully saturated rings. The Balaban J connectivity index is 2.01. The second-order valence-corrected chi connectivity index (χ2v) is 4.85. The Morgan fingerprint density at radius 2 is 2.05 bits per heavy atom. The molecule has 0 aliphatic carbocycles. The monoisotopic (exact) mass is 272 g/mol. The Labute approximate surface area is 118 Å². The molecule has 0 atom stereocenters. The Morgan fingerprint density at radius 1 is 1.21 bits per heavy atom. The second kappa shape index (κ2) is 6.36. The van der Waals surface area contributed by atoms with E-state index >= 15 is 0 Å². The van der Waals surface area contributed by atoms with Crippen LogP contribution in [-0.4, -0.2) is 26.9 Å². The van der Waals surface area contributed by atoms with Crippen LogP contribution in [0.25, 0.3) is 0 Å². The van der Waals surface area contributed by atoms with Gasteiger partial charge in [-0.1, -0.05) is 18.3 Å². The van der Waals surface area contributed by atoms with Gasteiger partial charge in [0, 0.05) is 25.5 Å². The molecule has 2 rings (SSSR count). The van der Waals surface area contributed by atoms with Gasteiger partial charge in [-0.25, -0.2) is 0 Å². The van der Waals surface area contributed by atoms with Crippen molar-refractivity contribution in [3.8, 4) is 0 Å². The first-order valence-electron chi connectivity index (χ1n) is 5.98. The maximum absolute atomic E-state index is 5.58. The number of nitrogens with two attached hydrogens (primary N) is 1. The highest BCUT2D eigenvalue weighted by Crippen LogP contribution is 2.07. The molecule has 0 amide bonds. The fourth-order valence-corrected chi connectivity index (χ4v) is 1.95. The smallest absolute Gasteiger partial charge is 0.122 e. The van der Waals surface area contributed by atoms with Gasteiger partial charge in [0.15, 0.2) is 0 Å². The van der Waals surface area contributed by atoms with Crippen molar-refractivity contribution in [2.75, 3.05) is 7.05 Å². The van der Waals surface area contributed by atoms with Gasteiger partial charge in [0.25, 0.3) is 0 Å². The third-order valence-electron chi connectivity index (χ3n) is 2.69. The number of hydrogen-bond acceptors (Lipinski definition) is 4. The molecule has 0 aliphatic heterocycles. The van der Waals surface area contributed by atoms with Gasteiger partial charge in [-0.15, -0.1) is 0 Å². The SMILES string of the molecule is CN(Cc1ccnc(C(N)=S)c1)Cc1ccccn1. The van der Waals surface area contributed by atoms with Crippen molar-refractivity contribution in [3.05, 3.63) is 59.7 Å². The van der Waals surface area contributed by atoms with Crippen molar-refractivity contribution >= 4 is 17.2 Å². The number of hydrogen-bond donors (Lipinski definition) is 1. The average molecular weight is 272 g/mol. The lowest BCUT2D eigenvalue weighted by atomic mass is 10.2. The number of nitrogens with zero attached hydrogens (tertiary/aromatic N) is 3. The van der Waals surface area contributed by atoms with Crippen LogP contribution in [0.15, 0.2) is 42.7 Å². The zero-order chi connectivity index (χ0) is 13.7. The summed E-state index contributed by atoms with van der Waals surface area (Å²) in [5, 5.41) is 0. The summed E-state index contributed by atoms with van der Waals surface area (Å²) in [7, 11) is 2.05. The topological polar surface area (TPSA) is 55.0 Å². The van der Waals surface area contributed by atoms with Gasteiger partial charge in [0.2, 0.25) is 0 Å². The second-order valence-electron chi connectivity index (χ2n) is 4.41. The van der Waals surface area contributed by atoms with Crippen LogP contribution in [0.4, 0.5) is 0 Å². The van der Waals surface area contributed by atoms with Crippen molar-refractivity contribution in [1.82, 2.24) is 14.9 Å². The average Bonchev–Trinajstić information content (AvgIpc) is 2.40. The van der Waals surface area contributed by atoms with E-state index < -0.39 is 0 Å². The van der Waals surface area contributed by atoms with E-state index in [1.807, 2.05) is 30.3 Å². The van der Waals surface area contributed by atoms with Crippen molar-refractivity contribution in [2.24, 2.45) is 5.73 Å². The van der Waals surface area contributed by atoms with Crippen molar-refractivity contribution in [3.63, 3.8) is 0 Å². The Hall–Kier alpha value is -1.85. The van der Waals surface area contributed by atoms with Gasteiger partial charge in [-0.2, -0.15) is 0 Å². The summed E-state index contributed by atoms with van der Waals surface area (Å²) < 4.78 is 0. The molecular formula is C14H16N4S. The maximum Gasteiger partial charge on any atom is 0.122 e. The highest BCUT2D eigenvalue weighted by molar-refractivity contribution is 7.80. The molecule has 0 saturated heterocycles. The molecule has 5 heteroatoms. The van der Waals surface area contributed by atoms with Crippen LogP contribution in [-0.2, 0) is 13.1 Å². The third kappa shape index (κ3) is 4.08. The first-order valence-corrected chi connectivity index (χ1v) is 6.39. The largest absolute Gasteiger partial charge is 0.388 e. The zero-order valence-corrected chi connectivity index (χ0v) is 11.6. The third-order valence-corrected chi connectivity index (χ3v) is 2.90. The highest BCUT2D eigenvalue weighted by atomic mass is 32.1. The van der Waals surface area contributed by atoms with Crippen LogP contribution in [0.2, 0.25) is 0 Å². The van der Waals surface area contributed by atoms with E-state index in [1.165, 1.54) is 0 Å². The fourth-order valence-electron chi connectivity index (χ4n) is 1.84. The number of pyridine rings is 2.